The van der Waals surface area contributed by atoms with Crippen LogP contribution in [0.5, 0.6) is 0 Å². The van der Waals surface area contributed by atoms with Gasteiger partial charge in [0.15, 0.2) is 5.69 Å². The molecule has 3 heterocycles. The number of para-hydroxylation sites is 1. The molecule has 0 spiro atoms. The highest BCUT2D eigenvalue weighted by molar-refractivity contribution is 5.87. The lowest BCUT2D eigenvalue weighted by molar-refractivity contribution is 0.00628. The molecule has 0 amide bonds. The number of rotatable bonds is 4. The zero-order chi connectivity index (χ0) is 23.8. The van der Waals surface area contributed by atoms with Crippen LogP contribution in [-0.2, 0) is 10.2 Å². The molecule has 0 N–H and O–H groups in total. The Morgan fingerprint density at radius 2 is 1.73 bits per heavy atom. The summed E-state index contributed by atoms with van der Waals surface area (Å²) in [5.41, 5.74) is 2.66. The van der Waals surface area contributed by atoms with Crippen LogP contribution in [0.3, 0.4) is 0 Å². The van der Waals surface area contributed by atoms with Crippen LogP contribution in [-0.4, -0.2) is 36.5 Å². The molecule has 0 radical (unpaired) electrons. The van der Waals surface area contributed by atoms with E-state index in [1.165, 1.54) is 6.20 Å². The third kappa shape index (κ3) is 5.00. The van der Waals surface area contributed by atoms with Gasteiger partial charge in [0.1, 0.15) is 11.3 Å². The molecular formula is C25H27N5O3. The van der Waals surface area contributed by atoms with E-state index in [1.54, 1.807) is 12.1 Å². The van der Waals surface area contributed by atoms with Gasteiger partial charge in [-0.2, -0.15) is 10.1 Å². The Bertz CT molecular complexity index is 1260. The number of nitrogens with zero attached hydrogens (tertiary/aromatic N) is 5. The minimum atomic E-state index is -0.588. The maximum atomic E-state index is 12.2. The van der Waals surface area contributed by atoms with Crippen LogP contribution < -0.4 is 0 Å². The summed E-state index contributed by atoms with van der Waals surface area (Å²) in [6.45, 7) is 11.8. The van der Waals surface area contributed by atoms with Crippen molar-refractivity contribution in [1.29, 1.82) is 0 Å². The Kier molecular flexibility index (Phi) is 5.61. The summed E-state index contributed by atoms with van der Waals surface area (Å²) in [5.74, 6) is 0.185. The van der Waals surface area contributed by atoms with Crippen molar-refractivity contribution in [3.05, 3.63) is 66.1 Å². The van der Waals surface area contributed by atoms with Gasteiger partial charge in [-0.1, -0.05) is 44.1 Å². The molecule has 0 saturated carbocycles. The first-order valence-electron chi connectivity index (χ1n) is 10.7. The van der Waals surface area contributed by atoms with Gasteiger partial charge in [-0.05, 0) is 51.1 Å². The Morgan fingerprint density at radius 3 is 2.33 bits per heavy atom. The van der Waals surface area contributed by atoms with Gasteiger partial charge in [0, 0.05) is 17.2 Å². The summed E-state index contributed by atoms with van der Waals surface area (Å²) < 4.78 is 12.8. The monoisotopic (exact) mass is 445 g/mol. The average Bonchev–Trinajstić information content (AvgIpc) is 3.41. The fourth-order valence-corrected chi connectivity index (χ4v) is 3.21. The molecule has 33 heavy (non-hydrogen) atoms. The standard InChI is InChI=1S/C25H27N5O3/c1-24(2,3)20-14-19(28-30(20)17-10-8-7-9-11-17)22-27-21(29-33-22)16-12-13-18(26-15-16)23(31)32-25(4,5)6/h7-15H,1-6H3. The lowest BCUT2D eigenvalue weighted by atomic mass is 9.91. The van der Waals surface area contributed by atoms with Gasteiger partial charge in [0.25, 0.3) is 5.89 Å². The van der Waals surface area contributed by atoms with E-state index in [-0.39, 0.29) is 11.1 Å². The number of hydrogen-bond donors (Lipinski definition) is 0. The van der Waals surface area contributed by atoms with Crippen LogP contribution >= 0.6 is 0 Å². The fraction of sp³-hybridized carbons (Fsp3) is 0.320. The minimum absolute atomic E-state index is 0.147. The summed E-state index contributed by atoms with van der Waals surface area (Å²) in [5, 5.41) is 8.82. The molecule has 3 aromatic heterocycles. The summed E-state index contributed by atoms with van der Waals surface area (Å²) in [4.78, 5) is 20.9. The summed E-state index contributed by atoms with van der Waals surface area (Å²) >= 11 is 0. The molecule has 4 aromatic rings. The molecule has 170 valence electrons. The van der Waals surface area contributed by atoms with Crippen LogP contribution in [0.25, 0.3) is 28.7 Å². The number of hydrogen-bond acceptors (Lipinski definition) is 7. The second kappa shape index (κ2) is 8.27. The molecule has 0 aliphatic carbocycles. The fourth-order valence-electron chi connectivity index (χ4n) is 3.21. The van der Waals surface area contributed by atoms with Gasteiger partial charge in [0.2, 0.25) is 5.82 Å². The minimum Gasteiger partial charge on any atom is -0.455 e. The van der Waals surface area contributed by atoms with E-state index >= 15 is 0 Å². The predicted molar refractivity (Wildman–Crippen MR) is 124 cm³/mol. The number of carbonyl (C=O) groups is 1. The summed E-state index contributed by atoms with van der Waals surface area (Å²) in [6.07, 6.45) is 1.52. The number of benzene rings is 1. The van der Waals surface area contributed by atoms with Crippen molar-refractivity contribution in [3.8, 4) is 28.7 Å². The predicted octanol–water partition coefficient (Wildman–Crippen LogP) is 5.24. The molecule has 8 nitrogen and oxygen atoms in total. The average molecular weight is 446 g/mol. The first-order valence-corrected chi connectivity index (χ1v) is 10.7. The largest absolute Gasteiger partial charge is 0.455 e. The Morgan fingerprint density at radius 1 is 1.00 bits per heavy atom. The highest BCUT2D eigenvalue weighted by Crippen LogP contribution is 2.30. The van der Waals surface area contributed by atoms with Gasteiger partial charge < -0.3 is 9.26 Å². The molecule has 0 aliphatic rings. The third-order valence-corrected chi connectivity index (χ3v) is 4.75. The highest BCUT2D eigenvalue weighted by atomic mass is 16.6. The summed E-state index contributed by atoms with van der Waals surface area (Å²) in [7, 11) is 0. The molecule has 4 rings (SSSR count). The van der Waals surface area contributed by atoms with Crippen LogP contribution in [0.4, 0.5) is 0 Å². The SMILES string of the molecule is CC(C)(C)OC(=O)c1ccc(-c2noc(-c3cc(C(C)(C)C)n(-c4ccccc4)n3)n2)cn1. The second-order valence-electron chi connectivity index (χ2n) is 9.77. The maximum absolute atomic E-state index is 12.2. The van der Waals surface area contributed by atoms with E-state index in [1.807, 2.05) is 61.9 Å². The van der Waals surface area contributed by atoms with Crippen LogP contribution in [0.1, 0.15) is 57.7 Å². The van der Waals surface area contributed by atoms with Gasteiger partial charge in [-0.15, -0.1) is 0 Å². The summed E-state index contributed by atoms with van der Waals surface area (Å²) in [6, 6.07) is 15.2. The molecule has 0 unspecified atom stereocenters. The number of carbonyl (C=O) groups excluding carboxylic acids is 1. The molecule has 1 aromatic carbocycles. The molecule has 0 atom stereocenters. The van der Waals surface area contributed by atoms with Crippen molar-refractivity contribution in [2.24, 2.45) is 0 Å². The first kappa shape index (κ1) is 22.4. The quantitative estimate of drug-likeness (QED) is 0.396. The van der Waals surface area contributed by atoms with Crippen LogP contribution in [0.2, 0.25) is 0 Å². The van der Waals surface area contributed by atoms with Crippen molar-refractivity contribution >= 4 is 5.97 Å². The zero-order valence-corrected chi connectivity index (χ0v) is 19.7. The van der Waals surface area contributed by atoms with E-state index in [4.69, 9.17) is 14.4 Å². The van der Waals surface area contributed by atoms with E-state index in [2.05, 4.69) is 35.9 Å². The highest BCUT2D eigenvalue weighted by Gasteiger charge is 2.25. The lowest BCUT2D eigenvalue weighted by Crippen LogP contribution is -2.24. The maximum Gasteiger partial charge on any atom is 0.357 e. The van der Waals surface area contributed by atoms with Gasteiger partial charge in [-0.3, -0.25) is 0 Å². The molecule has 8 heteroatoms. The van der Waals surface area contributed by atoms with Gasteiger partial charge in [0.05, 0.1) is 11.4 Å². The molecule has 0 aliphatic heterocycles. The Balaban J connectivity index is 1.63. The number of aromatic nitrogens is 5. The third-order valence-electron chi connectivity index (χ3n) is 4.75. The molecule has 0 bridgehead atoms. The van der Waals surface area contributed by atoms with Crippen molar-refractivity contribution in [1.82, 2.24) is 24.9 Å². The van der Waals surface area contributed by atoms with Crippen molar-refractivity contribution in [2.45, 2.75) is 52.6 Å². The number of pyridine rings is 1. The first-order chi connectivity index (χ1) is 15.5. The van der Waals surface area contributed by atoms with E-state index in [0.717, 1.165) is 11.4 Å². The smallest absolute Gasteiger partial charge is 0.357 e. The van der Waals surface area contributed by atoms with Crippen LogP contribution in [0, 0.1) is 0 Å². The Hall–Kier alpha value is -3.81. The van der Waals surface area contributed by atoms with Gasteiger partial charge >= 0.3 is 5.97 Å². The van der Waals surface area contributed by atoms with Crippen molar-refractivity contribution < 1.29 is 14.1 Å². The molecule has 0 fully saturated rings. The van der Waals surface area contributed by atoms with E-state index in [0.29, 0.717) is 23.0 Å². The number of ether oxygens (including phenoxy) is 1. The van der Waals surface area contributed by atoms with Crippen LogP contribution in [0.15, 0.2) is 59.3 Å². The van der Waals surface area contributed by atoms with Crippen molar-refractivity contribution in [2.75, 3.05) is 0 Å². The van der Waals surface area contributed by atoms with E-state index in [9.17, 15) is 4.79 Å². The normalized spacial score (nSPS) is 12.1. The van der Waals surface area contributed by atoms with Gasteiger partial charge in [-0.25, -0.2) is 14.5 Å². The van der Waals surface area contributed by atoms with Crippen molar-refractivity contribution in [3.63, 3.8) is 0 Å². The Labute approximate surface area is 192 Å². The zero-order valence-electron chi connectivity index (χ0n) is 19.7. The molecular weight excluding hydrogens is 418 g/mol. The lowest BCUT2D eigenvalue weighted by Gasteiger charge is -2.20. The topological polar surface area (TPSA) is 95.9 Å². The number of esters is 1. The van der Waals surface area contributed by atoms with E-state index < -0.39 is 11.6 Å². The second-order valence-corrected chi connectivity index (χ2v) is 9.77. The molecule has 0 saturated heterocycles.